The largest absolute Gasteiger partial charge is 0.337 e. The Balaban J connectivity index is 0.00000156. The second-order valence-electron chi connectivity index (χ2n) is 6.87. The van der Waals surface area contributed by atoms with Gasteiger partial charge in [-0.2, -0.15) is 0 Å². The van der Waals surface area contributed by atoms with Crippen LogP contribution in [0.3, 0.4) is 0 Å². The number of halogens is 2. The minimum atomic E-state index is 0. The van der Waals surface area contributed by atoms with Crippen molar-refractivity contribution in [3.63, 3.8) is 0 Å². The summed E-state index contributed by atoms with van der Waals surface area (Å²) in [6.07, 6.45) is 4.92. The highest BCUT2D eigenvalue weighted by Crippen LogP contribution is 2.28. The van der Waals surface area contributed by atoms with E-state index in [9.17, 15) is 4.79 Å². The van der Waals surface area contributed by atoms with E-state index in [0.29, 0.717) is 6.04 Å². The van der Waals surface area contributed by atoms with E-state index in [1.54, 1.807) is 0 Å². The molecule has 4 nitrogen and oxygen atoms in total. The molecule has 25 heavy (non-hydrogen) atoms. The van der Waals surface area contributed by atoms with Gasteiger partial charge in [0.25, 0.3) is 5.91 Å². The van der Waals surface area contributed by atoms with Gasteiger partial charge in [0.05, 0.1) is 0 Å². The molecule has 1 unspecified atom stereocenters. The average molecular weight is 388 g/mol. The number of rotatable bonds is 6. The van der Waals surface area contributed by atoms with Gasteiger partial charge in [0.15, 0.2) is 0 Å². The quantitative estimate of drug-likeness (QED) is 0.812. The van der Waals surface area contributed by atoms with Gasteiger partial charge in [0, 0.05) is 37.3 Å². The summed E-state index contributed by atoms with van der Waals surface area (Å²) in [7, 11) is 1.98. The minimum Gasteiger partial charge on any atom is -0.337 e. The highest BCUT2D eigenvalue weighted by Gasteiger charge is 2.28. The number of benzene rings is 1. The minimum absolute atomic E-state index is 0. The van der Waals surface area contributed by atoms with Crippen LogP contribution >= 0.6 is 24.8 Å². The average Bonchev–Trinajstić information content (AvgIpc) is 3.44. The van der Waals surface area contributed by atoms with Crippen LogP contribution < -0.4 is 5.32 Å². The smallest absolute Gasteiger partial charge is 0.253 e. The van der Waals surface area contributed by atoms with Crippen LogP contribution in [-0.4, -0.2) is 54.5 Å². The second-order valence-corrected chi connectivity index (χ2v) is 6.87. The summed E-state index contributed by atoms with van der Waals surface area (Å²) in [6.45, 7) is 6.03. The van der Waals surface area contributed by atoms with Crippen LogP contribution in [0.4, 0.5) is 0 Å². The van der Waals surface area contributed by atoms with Crippen LogP contribution in [0.5, 0.6) is 0 Å². The molecule has 6 heteroatoms. The molecule has 142 valence electrons. The maximum Gasteiger partial charge on any atom is 0.253 e. The molecule has 1 atom stereocenters. The first-order valence-electron chi connectivity index (χ1n) is 9.00. The Morgan fingerprint density at radius 1 is 1.20 bits per heavy atom. The van der Waals surface area contributed by atoms with Crippen molar-refractivity contribution in [3.8, 4) is 0 Å². The van der Waals surface area contributed by atoms with Crippen molar-refractivity contribution in [2.75, 3.05) is 26.7 Å². The summed E-state index contributed by atoms with van der Waals surface area (Å²) in [5.74, 6) is 0.172. The number of hydrogen-bond donors (Lipinski definition) is 1. The molecule has 1 aromatic rings. The summed E-state index contributed by atoms with van der Waals surface area (Å²) in [6, 6.07) is 9.47. The third kappa shape index (κ3) is 5.85. The molecule has 1 heterocycles. The molecule has 1 amide bonds. The Morgan fingerprint density at radius 3 is 2.44 bits per heavy atom. The van der Waals surface area contributed by atoms with Crippen LogP contribution in [0, 0.1) is 0 Å². The Morgan fingerprint density at radius 2 is 1.88 bits per heavy atom. The van der Waals surface area contributed by atoms with Crippen molar-refractivity contribution in [3.05, 3.63) is 35.4 Å². The molecule has 3 rings (SSSR count). The highest BCUT2D eigenvalue weighted by molar-refractivity contribution is 5.94. The van der Waals surface area contributed by atoms with E-state index in [4.69, 9.17) is 0 Å². The van der Waals surface area contributed by atoms with E-state index in [2.05, 4.69) is 29.3 Å². The normalized spacial score (nSPS) is 20.0. The first-order chi connectivity index (χ1) is 11.2. The fourth-order valence-corrected chi connectivity index (χ4v) is 3.51. The predicted octanol–water partition coefficient (Wildman–Crippen LogP) is 3.34. The van der Waals surface area contributed by atoms with Crippen LogP contribution in [-0.2, 0) is 6.54 Å². The molecular formula is C19H31Cl2N3O. The maximum absolute atomic E-state index is 12.7. The van der Waals surface area contributed by atoms with Gasteiger partial charge in [-0.15, -0.1) is 24.8 Å². The molecule has 1 aliphatic carbocycles. The Labute approximate surface area is 164 Å². The number of nitrogens with zero attached hydrogens (tertiary/aromatic N) is 2. The first-order valence-corrected chi connectivity index (χ1v) is 9.00. The van der Waals surface area contributed by atoms with Gasteiger partial charge >= 0.3 is 0 Å². The third-order valence-electron chi connectivity index (χ3n) is 5.17. The number of hydrogen-bond acceptors (Lipinski definition) is 3. The number of carbonyl (C=O) groups is 1. The molecule has 1 saturated heterocycles. The van der Waals surface area contributed by atoms with E-state index in [0.717, 1.165) is 50.6 Å². The van der Waals surface area contributed by atoms with Crippen LogP contribution in [0.1, 0.15) is 48.5 Å². The highest BCUT2D eigenvalue weighted by atomic mass is 35.5. The molecule has 1 N–H and O–H groups in total. The van der Waals surface area contributed by atoms with Gasteiger partial charge in [0.1, 0.15) is 0 Å². The van der Waals surface area contributed by atoms with Crippen molar-refractivity contribution in [1.29, 1.82) is 0 Å². The number of amides is 1. The molecule has 0 spiro atoms. The number of piperidine rings is 1. The summed E-state index contributed by atoms with van der Waals surface area (Å²) < 4.78 is 0. The zero-order chi connectivity index (χ0) is 16.2. The van der Waals surface area contributed by atoms with Crippen LogP contribution in [0.2, 0.25) is 0 Å². The van der Waals surface area contributed by atoms with E-state index in [1.807, 2.05) is 24.1 Å². The molecule has 1 aliphatic heterocycles. The predicted molar refractivity (Wildman–Crippen MR) is 108 cm³/mol. The Kier molecular flexibility index (Phi) is 9.22. The molecular weight excluding hydrogens is 357 g/mol. The monoisotopic (exact) mass is 387 g/mol. The number of nitrogens with one attached hydrogen (secondary N) is 1. The molecule has 0 radical (unpaired) electrons. The first kappa shape index (κ1) is 22.2. The van der Waals surface area contributed by atoms with Crippen molar-refractivity contribution >= 4 is 30.7 Å². The fraction of sp³-hybridized carbons (Fsp3) is 0.632. The van der Waals surface area contributed by atoms with Gasteiger partial charge < -0.3 is 10.2 Å². The summed E-state index contributed by atoms with van der Waals surface area (Å²) in [5.41, 5.74) is 2.13. The number of likely N-dealkylation sites (N-methyl/N-ethyl adjacent to an activating group) is 1. The van der Waals surface area contributed by atoms with E-state index >= 15 is 0 Å². The molecule has 0 aromatic heterocycles. The molecule has 0 bridgehead atoms. The van der Waals surface area contributed by atoms with Gasteiger partial charge in [-0.05, 0) is 57.0 Å². The Hall–Kier alpha value is -0.810. The lowest BCUT2D eigenvalue weighted by Gasteiger charge is -2.32. The molecule has 1 aromatic carbocycles. The lowest BCUT2D eigenvalue weighted by atomic mass is 10.0. The maximum atomic E-state index is 12.7. The van der Waals surface area contributed by atoms with Crippen molar-refractivity contribution < 1.29 is 4.79 Å². The standard InChI is InChI=1S/C19H29N3O.2ClH/c1-3-21(18-10-11-18)13-15-6-8-16(9-7-15)19(23)22-12-4-5-17(14-22)20-2;;/h6-9,17-18,20H,3-5,10-14H2,1-2H3;2*1H. The molecule has 2 fully saturated rings. The summed E-state index contributed by atoms with van der Waals surface area (Å²) in [4.78, 5) is 17.2. The molecule has 2 aliphatic rings. The summed E-state index contributed by atoms with van der Waals surface area (Å²) in [5, 5.41) is 3.29. The van der Waals surface area contributed by atoms with Crippen molar-refractivity contribution in [1.82, 2.24) is 15.1 Å². The van der Waals surface area contributed by atoms with Gasteiger partial charge in [-0.25, -0.2) is 0 Å². The molecule has 1 saturated carbocycles. The lowest BCUT2D eigenvalue weighted by molar-refractivity contribution is 0.0698. The van der Waals surface area contributed by atoms with Crippen molar-refractivity contribution in [2.24, 2.45) is 0 Å². The summed E-state index contributed by atoms with van der Waals surface area (Å²) >= 11 is 0. The topological polar surface area (TPSA) is 35.6 Å². The van der Waals surface area contributed by atoms with Gasteiger partial charge in [-0.3, -0.25) is 9.69 Å². The van der Waals surface area contributed by atoms with Crippen LogP contribution in [0.25, 0.3) is 0 Å². The zero-order valence-corrected chi connectivity index (χ0v) is 16.9. The lowest BCUT2D eigenvalue weighted by Crippen LogP contribution is -2.46. The number of carbonyl (C=O) groups excluding carboxylic acids is 1. The van der Waals surface area contributed by atoms with E-state index in [1.165, 1.54) is 18.4 Å². The second kappa shape index (κ2) is 10.4. The van der Waals surface area contributed by atoms with Crippen LogP contribution in [0.15, 0.2) is 24.3 Å². The van der Waals surface area contributed by atoms with Crippen molar-refractivity contribution in [2.45, 2.75) is 51.2 Å². The van der Waals surface area contributed by atoms with Gasteiger partial charge in [0.2, 0.25) is 0 Å². The third-order valence-corrected chi connectivity index (χ3v) is 5.17. The van der Waals surface area contributed by atoms with E-state index < -0.39 is 0 Å². The van der Waals surface area contributed by atoms with E-state index in [-0.39, 0.29) is 30.7 Å². The van der Waals surface area contributed by atoms with Gasteiger partial charge in [-0.1, -0.05) is 19.1 Å². The fourth-order valence-electron chi connectivity index (χ4n) is 3.51. The Bertz CT molecular complexity index is 534. The SMILES string of the molecule is CCN(Cc1ccc(C(=O)N2CCCC(NC)C2)cc1)C1CC1.Cl.Cl. The zero-order valence-electron chi connectivity index (χ0n) is 15.2. The number of likely N-dealkylation sites (tertiary alicyclic amines) is 1.